The number of benzene rings is 1. The molecule has 0 amide bonds. The number of nitrogens with one attached hydrogen (secondary N) is 1. The van der Waals surface area contributed by atoms with Crippen LogP contribution in [-0.4, -0.2) is 29.1 Å². The highest BCUT2D eigenvalue weighted by molar-refractivity contribution is 7.80. The number of aromatic nitrogens is 2. The summed E-state index contributed by atoms with van der Waals surface area (Å²) in [5, 5.41) is 10.7. The Kier molecular flexibility index (Phi) is 4.56. The fourth-order valence-corrected chi connectivity index (χ4v) is 1.92. The summed E-state index contributed by atoms with van der Waals surface area (Å²) in [6.07, 6.45) is 0. The lowest BCUT2D eigenvalue weighted by molar-refractivity contribution is 0.404. The maximum absolute atomic E-state index is 12.1. The van der Waals surface area contributed by atoms with Gasteiger partial charge in [-0.25, -0.2) is 0 Å². The molecule has 116 valence electrons. The van der Waals surface area contributed by atoms with E-state index in [4.69, 9.17) is 27.4 Å². The average molecular weight is 321 g/mol. The van der Waals surface area contributed by atoms with E-state index in [0.717, 1.165) is 4.68 Å². The van der Waals surface area contributed by atoms with E-state index < -0.39 is 5.56 Å². The van der Waals surface area contributed by atoms with Crippen molar-refractivity contribution < 1.29 is 9.47 Å². The Morgan fingerprint density at radius 1 is 1.32 bits per heavy atom. The maximum atomic E-state index is 12.1. The van der Waals surface area contributed by atoms with Gasteiger partial charge in [0.15, 0.2) is 10.8 Å². The van der Waals surface area contributed by atoms with Crippen LogP contribution >= 0.6 is 12.2 Å². The first-order valence-corrected chi connectivity index (χ1v) is 6.64. The van der Waals surface area contributed by atoms with E-state index in [-0.39, 0.29) is 10.8 Å². The van der Waals surface area contributed by atoms with Crippen LogP contribution in [0.2, 0.25) is 0 Å². The molecule has 1 aromatic carbocycles. The smallest absolute Gasteiger partial charge is 0.301 e. The first-order valence-electron chi connectivity index (χ1n) is 6.23. The van der Waals surface area contributed by atoms with Gasteiger partial charge in [0.1, 0.15) is 17.2 Å². The molecule has 0 saturated carbocycles. The summed E-state index contributed by atoms with van der Waals surface area (Å²) in [5.41, 5.74) is 6.04. The molecule has 2 aromatic rings. The Morgan fingerprint density at radius 3 is 2.59 bits per heavy atom. The molecule has 0 aliphatic rings. The molecule has 0 atom stereocenters. The number of hydrogen-bond donors (Lipinski definition) is 2. The molecule has 0 aliphatic carbocycles. The van der Waals surface area contributed by atoms with Crippen LogP contribution in [0.15, 0.2) is 33.2 Å². The third-order valence-corrected chi connectivity index (χ3v) is 3.09. The van der Waals surface area contributed by atoms with Crippen LogP contribution < -0.4 is 20.8 Å². The first-order chi connectivity index (χ1) is 10.5. The summed E-state index contributed by atoms with van der Waals surface area (Å²) >= 11 is 4.77. The molecule has 0 aliphatic heterocycles. The van der Waals surface area contributed by atoms with Crippen molar-refractivity contribution >= 4 is 28.7 Å². The molecular formula is C13H15N5O3S. The lowest BCUT2D eigenvalue weighted by atomic mass is 10.3. The van der Waals surface area contributed by atoms with Crippen molar-refractivity contribution in [1.29, 1.82) is 0 Å². The fourth-order valence-electron chi connectivity index (χ4n) is 1.79. The number of thiocarbonyl (C=S) groups is 1. The number of hydrogen-bond acceptors (Lipinski definition) is 6. The maximum Gasteiger partial charge on any atom is 0.301 e. The zero-order chi connectivity index (χ0) is 16.3. The van der Waals surface area contributed by atoms with E-state index in [1.54, 1.807) is 32.2 Å². The number of rotatable bonds is 4. The normalized spacial score (nSPS) is 10.9. The molecule has 0 bridgehead atoms. The van der Waals surface area contributed by atoms with Crippen LogP contribution in [0.3, 0.4) is 0 Å². The van der Waals surface area contributed by atoms with Crippen molar-refractivity contribution in [1.82, 2.24) is 9.78 Å². The molecule has 0 unspecified atom stereocenters. The summed E-state index contributed by atoms with van der Waals surface area (Å²) in [5.74, 6) is 1.11. The molecule has 2 rings (SSSR count). The SMILES string of the molecule is COc1ccc(OC)c(N=Nc2c(C)[nH]n(C(N)=S)c2=O)c1. The van der Waals surface area contributed by atoms with E-state index in [1.807, 2.05) is 0 Å². The molecule has 1 heterocycles. The van der Waals surface area contributed by atoms with Gasteiger partial charge in [-0.3, -0.25) is 9.89 Å². The van der Waals surface area contributed by atoms with Crippen LogP contribution in [0.25, 0.3) is 0 Å². The Hall–Kier alpha value is -2.68. The minimum atomic E-state index is -0.462. The zero-order valence-electron chi connectivity index (χ0n) is 12.3. The number of aryl methyl sites for hydroxylation is 1. The summed E-state index contributed by atoms with van der Waals surface area (Å²) in [6, 6.07) is 5.08. The van der Waals surface area contributed by atoms with Crippen LogP contribution in [0.5, 0.6) is 11.5 Å². The fraction of sp³-hybridized carbons (Fsp3) is 0.231. The van der Waals surface area contributed by atoms with Gasteiger partial charge in [0.25, 0.3) is 0 Å². The number of aromatic amines is 1. The van der Waals surface area contributed by atoms with Gasteiger partial charge < -0.3 is 15.2 Å². The van der Waals surface area contributed by atoms with Gasteiger partial charge in [-0.1, -0.05) is 0 Å². The van der Waals surface area contributed by atoms with Gasteiger partial charge in [0.2, 0.25) is 0 Å². The largest absolute Gasteiger partial charge is 0.497 e. The lowest BCUT2D eigenvalue weighted by Crippen LogP contribution is -2.29. The predicted octanol–water partition coefficient (Wildman–Crippen LogP) is 2.01. The average Bonchev–Trinajstić information content (AvgIpc) is 2.79. The minimum absolute atomic E-state index is 0.0893. The Labute approximate surface area is 131 Å². The van der Waals surface area contributed by atoms with E-state index >= 15 is 0 Å². The number of azo groups is 1. The van der Waals surface area contributed by atoms with Crippen LogP contribution in [0.4, 0.5) is 11.4 Å². The van der Waals surface area contributed by atoms with Crippen molar-refractivity contribution in [3.05, 3.63) is 34.2 Å². The molecule has 3 N–H and O–H groups in total. The van der Waals surface area contributed by atoms with Crippen molar-refractivity contribution in [2.45, 2.75) is 6.92 Å². The van der Waals surface area contributed by atoms with Gasteiger partial charge in [0.05, 0.1) is 19.9 Å². The molecule has 0 saturated heterocycles. The highest BCUT2D eigenvalue weighted by atomic mass is 32.1. The molecule has 9 heteroatoms. The summed E-state index contributed by atoms with van der Waals surface area (Å²) in [6.45, 7) is 1.67. The van der Waals surface area contributed by atoms with Crippen molar-refractivity contribution in [2.24, 2.45) is 16.0 Å². The minimum Gasteiger partial charge on any atom is -0.497 e. The second kappa shape index (κ2) is 6.39. The Morgan fingerprint density at radius 2 is 2.05 bits per heavy atom. The van der Waals surface area contributed by atoms with Gasteiger partial charge in [-0.15, -0.1) is 10.2 Å². The van der Waals surface area contributed by atoms with Crippen molar-refractivity contribution in [2.75, 3.05) is 14.2 Å². The second-order valence-electron chi connectivity index (χ2n) is 4.30. The highest BCUT2D eigenvalue weighted by Gasteiger charge is 2.12. The van der Waals surface area contributed by atoms with Gasteiger partial charge in [0, 0.05) is 6.07 Å². The lowest BCUT2D eigenvalue weighted by Gasteiger charge is -2.05. The molecule has 0 spiro atoms. The molecule has 1 aromatic heterocycles. The molecule has 0 radical (unpaired) electrons. The number of methoxy groups -OCH3 is 2. The number of nitrogens with zero attached hydrogens (tertiary/aromatic N) is 3. The summed E-state index contributed by atoms with van der Waals surface area (Å²) < 4.78 is 11.4. The van der Waals surface area contributed by atoms with Gasteiger partial charge >= 0.3 is 5.56 Å². The quantitative estimate of drug-likeness (QED) is 0.661. The summed E-state index contributed by atoms with van der Waals surface area (Å²) in [7, 11) is 3.06. The standard InChI is InChI=1S/C13H15N5O3S/c1-7-11(12(19)18(17-7)13(14)22)16-15-9-6-8(20-2)4-5-10(9)21-3/h4-6,17H,1-3H3,(H2,14,22). The predicted molar refractivity (Wildman–Crippen MR) is 85.7 cm³/mol. The van der Waals surface area contributed by atoms with Gasteiger partial charge in [-0.2, -0.15) is 4.68 Å². The third-order valence-electron chi connectivity index (χ3n) is 2.90. The number of nitrogens with two attached hydrogens (primary N) is 1. The zero-order valence-corrected chi connectivity index (χ0v) is 13.1. The molecular weight excluding hydrogens is 306 g/mol. The van der Waals surface area contributed by atoms with Crippen LogP contribution in [0.1, 0.15) is 5.69 Å². The highest BCUT2D eigenvalue weighted by Crippen LogP contribution is 2.32. The van der Waals surface area contributed by atoms with Crippen molar-refractivity contribution in [3.63, 3.8) is 0 Å². The molecule has 22 heavy (non-hydrogen) atoms. The number of ether oxygens (including phenoxy) is 2. The second-order valence-corrected chi connectivity index (χ2v) is 4.72. The third kappa shape index (κ3) is 2.98. The molecule has 0 fully saturated rings. The first kappa shape index (κ1) is 15.7. The van der Waals surface area contributed by atoms with Crippen molar-refractivity contribution in [3.8, 4) is 11.5 Å². The molecule has 8 nitrogen and oxygen atoms in total. The van der Waals surface area contributed by atoms with Crippen LogP contribution in [-0.2, 0) is 0 Å². The van der Waals surface area contributed by atoms with Gasteiger partial charge in [-0.05, 0) is 31.3 Å². The topological polar surface area (TPSA) is 107 Å². The van der Waals surface area contributed by atoms with E-state index in [2.05, 4.69) is 15.3 Å². The van der Waals surface area contributed by atoms with E-state index in [0.29, 0.717) is 22.9 Å². The monoisotopic (exact) mass is 321 g/mol. The van der Waals surface area contributed by atoms with E-state index in [9.17, 15) is 4.79 Å². The summed E-state index contributed by atoms with van der Waals surface area (Å²) in [4.78, 5) is 12.1. The Bertz CT molecular complexity index is 793. The Balaban J connectivity index is 2.45. The van der Waals surface area contributed by atoms with Crippen LogP contribution in [0, 0.1) is 6.92 Å². The van der Waals surface area contributed by atoms with E-state index in [1.165, 1.54) is 7.11 Å². The number of H-pyrrole nitrogens is 1.